The molecule has 0 aromatic carbocycles. The van der Waals surface area contributed by atoms with Crippen molar-refractivity contribution in [1.29, 1.82) is 0 Å². The van der Waals surface area contributed by atoms with E-state index < -0.39 is 27.6 Å². The van der Waals surface area contributed by atoms with Gasteiger partial charge in [-0.25, -0.2) is 18.7 Å². The van der Waals surface area contributed by atoms with E-state index in [2.05, 4.69) is 0 Å². The summed E-state index contributed by atoms with van der Waals surface area (Å²) in [5, 5.41) is 33.0. The van der Waals surface area contributed by atoms with Crippen LogP contribution in [-0.2, 0) is 18.7 Å². The van der Waals surface area contributed by atoms with Crippen molar-refractivity contribution in [3.8, 4) is 0 Å². The Morgan fingerprint density at radius 1 is 0.679 bits per heavy atom. The summed E-state index contributed by atoms with van der Waals surface area (Å²) in [6, 6.07) is 0. The first kappa shape index (κ1) is 34.1. The van der Waals surface area contributed by atoms with Crippen LogP contribution in [-0.4, -0.2) is 74.9 Å². The third-order valence-electron chi connectivity index (χ3n) is 1.83. The highest BCUT2D eigenvalue weighted by molar-refractivity contribution is 7.45. The zero-order chi connectivity index (χ0) is 23.6. The molecule has 0 bridgehead atoms. The van der Waals surface area contributed by atoms with E-state index in [4.69, 9.17) is 58.9 Å². The van der Waals surface area contributed by atoms with E-state index in [1.165, 1.54) is 26.0 Å². The zero-order valence-electron chi connectivity index (χ0n) is 15.0. The predicted octanol–water partition coefficient (Wildman–Crippen LogP) is -1.06. The van der Waals surface area contributed by atoms with Crippen molar-refractivity contribution < 1.29 is 68.5 Å². The number of phosphoric acid groups is 2. The van der Waals surface area contributed by atoms with Gasteiger partial charge in [0.2, 0.25) is 0 Å². The summed E-state index contributed by atoms with van der Waals surface area (Å²) in [7, 11) is -9.28. The summed E-state index contributed by atoms with van der Waals surface area (Å²) in [5.41, 5.74) is 0.563. The van der Waals surface area contributed by atoms with Crippen molar-refractivity contribution in [3.63, 3.8) is 0 Å². The number of hydrogen-bond acceptors (Lipinski definition) is 6. The average molecular weight is 456 g/mol. The highest BCUT2D eigenvalue weighted by Gasteiger charge is 2.00. The molecule has 0 radical (unpaired) electrons. The monoisotopic (exact) mass is 456 g/mol. The first-order valence-corrected chi connectivity index (χ1v) is 10.1. The Kier molecular flexibility index (Phi) is 23.0. The fraction of sp³-hybridized carbons (Fsp3) is 0.500. The van der Waals surface area contributed by atoms with E-state index in [0.29, 0.717) is 12.8 Å². The van der Waals surface area contributed by atoms with Gasteiger partial charge in [0.05, 0.1) is 0 Å². The van der Waals surface area contributed by atoms with Crippen LogP contribution in [0, 0.1) is 0 Å². The number of carboxylic acid groups (broad SMARTS) is 2. The summed E-state index contributed by atoms with van der Waals surface area (Å²) in [4.78, 5) is 63.2. The average Bonchev–Trinajstić information content (AvgIpc) is 2.47. The fourth-order valence-corrected chi connectivity index (χ4v) is 0.737. The van der Waals surface area contributed by atoms with Gasteiger partial charge in [0.1, 0.15) is 0 Å². The maximum atomic E-state index is 10.1. The van der Waals surface area contributed by atoms with E-state index in [1.807, 2.05) is 0 Å². The maximum Gasteiger partial charge on any atom is 0.466 e. The van der Waals surface area contributed by atoms with Crippen molar-refractivity contribution in [2.75, 3.05) is 13.2 Å². The molecule has 0 heterocycles. The van der Waals surface area contributed by atoms with Crippen LogP contribution >= 0.6 is 15.6 Å². The molecule has 28 heavy (non-hydrogen) atoms. The van der Waals surface area contributed by atoms with Crippen LogP contribution in [0.1, 0.15) is 26.7 Å². The standard InChI is InChI=1S/2C6H10O3.2H3O4P/c2*1-5(6(8)9)3-2-4-7;2*1-5(2,3)4/h2*3,7H,2,4H2,1H3,(H,8,9);2*(H3,1,2,3,4). The maximum absolute atomic E-state index is 10.1. The molecule has 0 aliphatic carbocycles. The number of aliphatic hydroxyl groups excluding tert-OH is 2. The molecule has 0 amide bonds. The van der Waals surface area contributed by atoms with E-state index in [0.717, 1.165) is 0 Å². The largest absolute Gasteiger partial charge is 0.478 e. The third-order valence-corrected chi connectivity index (χ3v) is 1.83. The van der Waals surface area contributed by atoms with Crippen LogP contribution < -0.4 is 0 Å². The molecule has 0 aliphatic heterocycles. The molecule has 0 atom stereocenters. The second kappa shape index (κ2) is 18.9. The van der Waals surface area contributed by atoms with Crippen molar-refractivity contribution in [3.05, 3.63) is 23.3 Å². The van der Waals surface area contributed by atoms with Gasteiger partial charge in [0, 0.05) is 24.4 Å². The summed E-state index contributed by atoms with van der Waals surface area (Å²) >= 11 is 0. The molecule has 0 aromatic heterocycles. The Morgan fingerprint density at radius 3 is 0.964 bits per heavy atom. The number of carbonyl (C=O) groups is 2. The minimum Gasteiger partial charge on any atom is -0.478 e. The Hall–Kier alpha value is -1.44. The predicted molar refractivity (Wildman–Crippen MR) is 94.7 cm³/mol. The van der Waals surface area contributed by atoms with Gasteiger partial charge in [-0.3, -0.25) is 0 Å². The Bertz CT molecular complexity index is 517. The lowest BCUT2D eigenvalue weighted by molar-refractivity contribution is -0.133. The van der Waals surface area contributed by atoms with Crippen molar-refractivity contribution in [2.24, 2.45) is 0 Å². The van der Waals surface area contributed by atoms with Crippen molar-refractivity contribution in [1.82, 2.24) is 0 Å². The minimum absolute atomic E-state index is 0.00458. The van der Waals surface area contributed by atoms with Gasteiger partial charge >= 0.3 is 27.6 Å². The lowest BCUT2D eigenvalue weighted by atomic mass is 10.2. The lowest BCUT2D eigenvalue weighted by Gasteiger charge is -1.89. The SMILES string of the molecule is CC(=CCCO)C(=O)O.CC(=CCCO)C(=O)O.O=P(O)(O)O.O=P(O)(O)O. The first-order valence-electron chi connectivity index (χ1n) is 6.95. The molecule has 0 saturated carbocycles. The molecule has 0 aromatic rings. The van der Waals surface area contributed by atoms with E-state index in [1.54, 1.807) is 0 Å². The normalized spacial score (nSPS) is 11.6. The molecule has 0 spiro atoms. The second-order valence-corrected chi connectivity index (χ2v) is 6.49. The quantitative estimate of drug-likeness (QED) is 0.169. The van der Waals surface area contributed by atoms with E-state index >= 15 is 0 Å². The van der Waals surface area contributed by atoms with Gasteiger partial charge < -0.3 is 49.8 Å². The third kappa shape index (κ3) is 64.3. The molecular formula is C12H26O14P2. The summed E-state index contributed by atoms with van der Waals surface area (Å²) in [6.45, 7) is 3.01. The fourth-order valence-electron chi connectivity index (χ4n) is 0.737. The smallest absolute Gasteiger partial charge is 0.466 e. The molecule has 0 saturated heterocycles. The topological polar surface area (TPSA) is 271 Å². The van der Waals surface area contributed by atoms with Crippen LogP contribution in [0.5, 0.6) is 0 Å². The summed E-state index contributed by atoms with van der Waals surface area (Å²) < 4.78 is 17.8. The lowest BCUT2D eigenvalue weighted by Crippen LogP contribution is -1.95. The molecule has 168 valence electrons. The minimum atomic E-state index is -4.64. The number of hydrogen-bond donors (Lipinski definition) is 10. The molecule has 0 fully saturated rings. The summed E-state index contributed by atoms with van der Waals surface area (Å²) in [6.07, 6.45) is 3.81. The van der Waals surface area contributed by atoms with Gasteiger partial charge in [0.15, 0.2) is 0 Å². The van der Waals surface area contributed by atoms with Crippen LogP contribution in [0.25, 0.3) is 0 Å². The first-order chi connectivity index (χ1) is 12.4. The molecule has 0 unspecified atom stereocenters. The van der Waals surface area contributed by atoms with Crippen LogP contribution in [0.2, 0.25) is 0 Å². The highest BCUT2D eigenvalue weighted by atomic mass is 31.2. The van der Waals surface area contributed by atoms with E-state index in [-0.39, 0.29) is 24.4 Å². The molecular weight excluding hydrogens is 430 g/mol. The Morgan fingerprint density at radius 2 is 0.857 bits per heavy atom. The molecule has 14 nitrogen and oxygen atoms in total. The van der Waals surface area contributed by atoms with Crippen molar-refractivity contribution in [2.45, 2.75) is 26.7 Å². The Balaban J connectivity index is -0.000000143. The number of rotatable bonds is 6. The van der Waals surface area contributed by atoms with Gasteiger partial charge in [-0.05, 0) is 26.7 Å². The van der Waals surface area contributed by atoms with Crippen LogP contribution in [0.4, 0.5) is 0 Å². The molecule has 0 aliphatic rings. The van der Waals surface area contributed by atoms with Crippen molar-refractivity contribution >= 4 is 27.6 Å². The zero-order valence-corrected chi connectivity index (χ0v) is 16.8. The van der Waals surface area contributed by atoms with Crippen LogP contribution in [0.15, 0.2) is 23.3 Å². The number of aliphatic hydroxyl groups is 2. The van der Waals surface area contributed by atoms with E-state index in [9.17, 15) is 9.59 Å². The second-order valence-electron chi connectivity index (χ2n) is 4.44. The van der Waals surface area contributed by atoms with Gasteiger partial charge in [-0.15, -0.1) is 0 Å². The molecule has 16 heteroatoms. The molecule has 0 rings (SSSR count). The summed E-state index contributed by atoms with van der Waals surface area (Å²) in [5.74, 6) is -1.85. The highest BCUT2D eigenvalue weighted by Crippen LogP contribution is 2.26. The van der Waals surface area contributed by atoms with Gasteiger partial charge in [-0.2, -0.15) is 0 Å². The number of aliphatic carboxylic acids is 2. The number of carboxylic acids is 2. The van der Waals surface area contributed by atoms with Gasteiger partial charge in [0.25, 0.3) is 0 Å². The van der Waals surface area contributed by atoms with Gasteiger partial charge in [-0.1, -0.05) is 12.2 Å². The molecule has 10 N–H and O–H groups in total. The Labute approximate surface area is 160 Å². The van der Waals surface area contributed by atoms with Crippen LogP contribution in [0.3, 0.4) is 0 Å².